The van der Waals surface area contributed by atoms with E-state index in [9.17, 15) is 21.6 Å². The predicted molar refractivity (Wildman–Crippen MR) is 84.6 cm³/mol. The van der Waals surface area contributed by atoms with E-state index in [4.69, 9.17) is 0 Å². The first kappa shape index (κ1) is 18.4. The number of nitrogens with zero attached hydrogens (tertiary/aromatic N) is 2. The van der Waals surface area contributed by atoms with Gasteiger partial charge in [0.1, 0.15) is 0 Å². The van der Waals surface area contributed by atoms with Gasteiger partial charge >= 0.3 is 6.61 Å². The third-order valence-electron chi connectivity index (χ3n) is 4.55. The second-order valence-electron chi connectivity index (χ2n) is 6.06. The number of ether oxygens (including phenoxy) is 1. The SMILES string of the molecule is O=S(=O)(c1ccc(OC(F)F)c(F)c1)N1CCC(N2CCNCC2)C1. The number of benzene rings is 1. The van der Waals surface area contributed by atoms with E-state index in [1.807, 2.05) is 0 Å². The van der Waals surface area contributed by atoms with Crippen LogP contribution in [-0.4, -0.2) is 69.5 Å². The molecule has 1 aromatic rings. The molecule has 1 N–H and O–H groups in total. The fourth-order valence-electron chi connectivity index (χ4n) is 3.26. The van der Waals surface area contributed by atoms with Gasteiger partial charge in [0, 0.05) is 45.3 Å². The Labute approximate surface area is 144 Å². The van der Waals surface area contributed by atoms with E-state index in [1.165, 1.54) is 4.31 Å². The smallest absolute Gasteiger partial charge is 0.387 e. The summed E-state index contributed by atoms with van der Waals surface area (Å²) in [6.45, 7) is 1.02. The monoisotopic (exact) mass is 379 g/mol. The van der Waals surface area contributed by atoms with Crippen LogP contribution in [0.1, 0.15) is 6.42 Å². The summed E-state index contributed by atoms with van der Waals surface area (Å²) in [6, 6.07) is 2.88. The highest BCUT2D eigenvalue weighted by atomic mass is 32.2. The van der Waals surface area contributed by atoms with Gasteiger partial charge in [-0.3, -0.25) is 4.90 Å². The molecule has 3 rings (SSSR count). The molecule has 2 aliphatic heterocycles. The molecule has 0 saturated carbocycles. The first-order valence-corrected chi connectivity index (χ1v) is 9.51. The van der Waals surface area contributed by atoms with Crippen LogP contribution in [0.3, 0.4) is 0 Å². The summed E-state index contributed by atoms with van der Waals surface area (Å²) in [7, 11) is -3.87. The minimum absolute atomic E-state index is 0.142. The molecular weight excluding hydrogens is 359 g/mol. The molecule has 6 nitrogen and oxygen atoms in total. The minimum atomic E-state index is -3.87. The van der Waals surface area contributed by atoms with E-state index in [0.29, 0.717) is 19.5 Å². The largest absolute Gasteiger partial charge is 0.432 e. The molecule has 2 aliphatic rings. The predicted octanol–water partition coefficient (Wildman–Crippen LogP) is 1.10. The molecule has 0 spiro atoms. The van der Waals surface area contributed by atoms with E-state index in [-0.39, 0.29) is 10.9 Å². The van der Waals surface area contributed by atoms with Crippen LogP contribution in [0.25, 0.3) is 0 Å². The Bertz CT molecular complexity index is 711. The molecule has 0 amide bonds. The fourth-order valence-corrected chi connectivity index (χ4v) is 4.76. The second kappa shape index (κ2) is 7.48. The highest BCUT2D eigenvalue weighted by Crippen LogP contribution is 2.27. The van der Waals surface area contributed by atoms with Crippen LogP contribution in [0.15, 0.2) is 23.1 Å². The van der Waals surface area contributed by atoms with Crippen molar-refractivity contribution in [2.45, 2.75) is 24.0 Å². The van der Waals surface area contributed by atoms with Crippen LogP contribution in [0.5, 0.6) is 5.75 Å². The summed E-state index contributed by atoms with van der Waals surface area (Å²) in [5.74, 6) is -1.80. The molecule has 2 saturated heterocycles. The average Bonchev–Trinajstić information content (AvgIpc) is 3.08. The van der Waals surface area contributed by atoms with Crippen molar-refractivity contribution in [3.8, 4) is 5.75 Å². The Morgan fingerprint density at radius 3 is 2.56 bits per heavy atom. The van der Waals surface area contributed by atoms with Crippen molar-refractivity contribution >= 4 is 10.0 Å². The van der Waals surface area contributed by atoms with Crippen molar-refractivity contribution in [3.63, 3.8) is 0 Å². The summed E-state index contributed by atoms with van der Waals surface area (Å²) in [5.41, 5.74) is 0. The zero-order valence-corrected chi connectivity index (χ0v) is 14.3. The molecule has 140 valence electrons. The molecule has 0 aliphatic carbocycles. The fraction of sp³-hybridized carbons (Fsp3) is 0.600. The maximum atomic E-state index is 13.8. The van der Waals surface area contributed by atoms with Crippen LogP contribution in [0.2, 0.25) is 0 Å². The molecule has 2 heterocycles. The molecular formula is C15H20F3N3O3S. The van der Waals surface area contributed by atoms with Crippen LogP contribution in [0.4, 0.5) is 13.2 Å². The van der Waals surface area contributed by atoms with Gasteiger partial charge in [0.25, 0.3) is 0 Å². The molecule has 10 heteroatoms. The minimum Gasteiger partial charge on any atom is -0.432 e. The Balaban J connectivity index is 1.72. The van der Waals surface area contributed by atoms with Crippen molar-refractivity contribution in [3.05, 3.63) is 24.0 Å². The van der Waals surface area contributed by atoms with E-state index >= 15 is 0 Å². The van der Waals surface area contributed by atoms with Gasteiger partial charge in [-0.2, -0.15) is 13.1 Å². The number of hydrogen-bond acceptors (Lipinski definition) is 5. The van der Waals surface area contributed by atoms with E-state index in [0.717, 1.165) is 44.4 Å². The van der Waals surface area contributed by atoms with Gasteiger partial charge in [-0.25, -0.2) is 12.8 Å². The van der Waals surface area contributed by atoms with Crippen molar-refractivity contribution in [2.75, 3.05) is 39.3 Å². The summed E-state index contributed by atoms with van der Waals surface area (Å²) in [5, 5.41) is 3.25. The average molecular weight is 379 g/mol. The van der Waals surface area contributed by atoms with E-state index < -0.39 is 28.2 Å². The lowest BCUT2D eigenvalue weighted by Gasteiger charge is -2.32. The quantitative estimate of drug-likeness (QED) is 0.830. The van der Waals surface area contributed by atoms with E-state index in [1.54, 1.807) is 0 Å². The normalized spacial score (nSPS) is 23.3. The maximum absolute atomic E-state index is 13.8. The third kappa shape index (κ3) is 4.08. The van der Waals surface area contributed by atoms with Gasteiger partial charge < -0.3 is 10.1 Å². The molecule has 25 heavy (non-hydrogen) atoms. The van der Waals surface area contributed by atoms with Crippen LogP contribution in [0, 0.1) is 5.82 Å². The van der Waals surface area contributed by atoms with Gasteiger partial charge in [-0.15, -0.1) is 0 Å². The van der Waals surface area contributed by atoms with Crippen LogP contribution < -0.4 is 10.1 Å². The van der Waals surface area contributed by atoms with E-state index in [2.05, 4.69) is 15.0 Å². The van der Waals surface area contributed by atoms with Crippen molar-refractivity contribution in [1.29, 1.82) is 0 Å². The topological polar surface area (TPSA) is 61.9 Å². The zero-order valence-electron chi connectivity index (χ0n) is 13.5. The van der Waals surface area contributed by atoms with Gasteiger partial charge in [-0.05, 0) is 24.6 Å². The molecule has 0 radical (unpaired) electrons. The molecule has 1 atom stereocenters. The molecule has 0 bridgehead atoms. The molecule has 1 aromatic carbocycles. The lowest BCUT2D eigenvalue weighted by Crippen LogP contribution is -2.49. The highest BCUT2D eigenvalue weighted by molar-refractivity contribution is 7.89. The van der Waals surface area contributed by atoms with Crippen LogP contribution in [-0.2, 0) is 10.0 Å². The van der Waals surface area contributed by atoms with Crippen LogP contribution >= 0.6 is 0 Å². The number of piperazine rings is 1. The maximum Gasteiger partial charge on any atom is 0.387 e. The van der Waals surface area contributed by atoms with Gasteiger partial charge in [0.05, 0.1) is 4.90 Å². The number of sulfonamides is 1. The highest BCUT2D eigenvalue weighted by Gasteiger charge is 2.35. The molecule has 0 aromatic heterocycles. The first-order valence-electron chi connectivity index (χ1n) is 8.07. The summed E-state index contributed by atoms with van der Waals surface area (Å²) < 4.78 is 68.9. The lowest BCUT2D eigenvalue weighted by atomic mass is 10.2. The summed E-state index contributed by atoms with van der Waals surface area (Å²) in [6.07, 6.45) is 0.717. The first-order chi connectivity index (χ1) is 11.9. The van der Waals surface area contributed by atoms with Crippen molar-refractivity contribution in [2.24, 2.45) is 0 Å². The molecule has 1 unspecified atom stereocenters. The number of hydrogen-bond donors (Lipinski definition) is 1. The third-order valence-corrected chi connectivity index (χ3v) is 6.41. The van der Waals surface area contributed by atoms with Gasteiger partial charge in [-0.1, -0.05) is 0 Å². The number of halogens is 3. The number of alkyl halides is 2. The number of nitrogens with one attached hydrogen (secondary N) is 1. The van der Waals surface area contributed by atoms with Crippen molar-refractivity contribution in [1.82, 2.24) is 14.5 Å². The Morgan fingerprint density at radius 1 is 1.20 bits per heavy atom. The Hall–Kier alpha value is -1.36. The second-order valence-corrected chi connectivity index (χ2v) is 8.00. The zero-order chi connectivity index (χ0) is 18.0. The van der Waals surface area contributed by atoms with Gasteiger partial charge in [0.15, 0.2) is 11.6 Å². The summed E-state index contributed by atoms with van der Waals surface area (Å²) in [4.78, 5) is 2.00. The van der Waals surface area contributed by atoms with Gasteiger partial charge in [0.2, 0.25) is 10.0 Å². The van der Waals surface area contributed by atoms with Crippen molar-refractivity contribution < 1.29 is 26.3 Å². The standard InChI is InChI=1S/C15H20F3N3O3S/c16-13-9-12(1-2-14(13)24-15(17)18)25(22,23)21-6-3-11(10-21)20-7-4-19-5-8-20/h1-2,9,11,15,19H,3-8,10H2. The summed E-state index contributed by atoms with van der Waals surface area (Å²) >= 11 is 0. The molecule has 2 fully saturated rings. The number of rotatable bonds is 5. The lowest BCUT2D eigenvalue weighted by molar-refractivity contribution is -0.0522. The Morgan fingerprint density at radius 2 is 1.92 bits per heavy atom. The Kier molecular flexibility index (Phi) is 5.52.